The van der Waals surface area contributed by atoms with Crippen LogP contribution in [0.2, 0.25) is 0 Å². The average molecular weight is 357 g/mol. The van der Waals surface area contributed by atoms with Gasteiger partial charge in [-0.1, -0.05) is 18.2 Å². The maximum atomic E-state index is 9.53. The number of aliphatic hydroxyl groups is 1. The zero-order valence-corrected chi connectivity index (χ0v) is 16.1. The number of rotatable bonds is 5. The van der Waals surface area contributed by atoms with Crippen LogP contribution < -0.4 is 4.74 Å². The summed E-state index contributed by atoms with van der Waals surface area (Å²) in [6.45, 7) is 10.8. The number of aryl methyl sites for hydroxylation is 2. The highest BCUT2D eigenvalue weighted by Crippen LogP contribution is 2.32. The van der Waals surface area contributed by atoms with E-state index < -0.39 is 5.79 Å². The SMILES string of the molecule is Cc1cc(OC[C@@H]2COC(C)(C)O2)nc(C)c1-c1cccc(CO)c1C. The van der Waals surface area contributed by atoms with Crippen molar-refractivity contribution in [3.05, 3.63) is 46.6 Å². The molecule has 1 aliphatic rings. The standard InChI is InChI=1S/C21H27NO4/c1-13-9-19(24-11-17-12-25-21(4,5)26-17)22-15(3)20(13)18-8-6-7-16(10-23)14(18)2/h6-9,17,23H,10-12H2,1-5H3/t17-/m1/s1. The fraction of sp³-hybridized carbons (Fsp3) is 0.476. The second kappa shape index (κ2) is 7.35. The first-order valence-corrected chi connectivity index (χ1v) is 8.93. The molecule has 2 heterocycles. The molecule has 0 radical (unpaired) electrons. The Hall–Kier alpha value is -1.95. The lowest BCUT2D eigenvalue weighted by atomic mass is 9.93. The number of aromatic nitrogens is 1. The molecule has 2 aromatic rings. The average Bonchev–Trinajstić information content (AvgIpc) is 2.93. The summed E-state index contributed by atoms with van der Waals surface area (Å²) in [7, 11) is 0. The summed E-state index contributed by atoms with van der Waals surface area (Å²) in [5.74, 6) is 0.0416. The van der Waals surface area contributed by atoms with Gasteiger partial charge in [-0.3, -0.25) is 0 Å². The van der Waals surface area contributed by atoms with Crippen molar-refractivity contribution in [2.45, 2.75) is 53.1 Å². The van der Waals surface area contributed by atoms with Gasteiger partial charge in [0.15, 0.2) is 5.79 Å². The van der Waals surface area contributed by atoms with Gasteiger partial charge in [0.2, 0.25) is 5.88 Å². The second-order valence-electron chi connectivity index (χ2n) is 7.25. The van der Waals surface area contributed by atoms with E-state index >= 15 is 0 Å². The lowest BCUT2D eigenvalue weighted by molar-refractivity contribution is -0.141. The molecule has 26 heavy (non-hydrogen) atoms. The Morgan fingerprint density at radius 3 is 2.65 bits per heavy atom. The van der Waals surface area contributed by atoms with Gasteiger partial charge in [0, 0.05) is 17.3 Å². The first-order chi connectivity index (χ1) is 12.3. The molecule has 1 aromatic heterocycles. The third-order valence-electron chi connectivity index (χ3n) is 4.74. The number of aliphatic hydroxyl groups excluding tert-OH is 1. The van der Waals surface area contributed by atoms with Gasteiger partial charge in [-0.05, 0) is 56.9 Å². The van der Waals surface area contributed by atoms with Gasteiger partial charge in [0.05, 0.1) is 13.2 Å². The van der Waals surface area contributed by atoms with Crippen molar-refractivity contribution >= 4 is 0 Å². The number of hydrogen-bond acceptors (Lipinski definition) is 5. The minimum Gasteiger partial charge on any atom is -0.475 e. The van der Waals surface area contributed by atoms with E-state index in [0.717, 1.165) is 33.5 Å². The minimum atomic E-state index is -0.549. The number of pyridine rings is 1. The number of hydrogen-bond donors (Lipinski definition) is 1. The summed E-state index contributed by atoms with van der Waals surface area (Å²) in [4.78, 5) is 4.62. The fourth-order valence-corrected chi connectivity index (χ4v) is 3.43. The highest BCUT2D eigenvalue weighted by molar-refractivity contribution is 5.73. The first kappa shape index (κ1) is 18.8. The molecule has 1 N–H and O–H groups in total. The Bertz CT molecular complexity index is 778. The van der Waals surface area contributed by atoms with Crippen molar-refractivity contribution in [2.75, 3.05) is 13.2 Å². The van der Waals surface area contributed by atoms with Crippen LogP contribution in [0.25, 0.3) is 11.1 Å². The van der Waals surface area contributed by atoms with Crippen LogP contribution in [-0.2, 0) is 16.1 Å². The van der Waals surface area contributed by atoms with Crippen molar-refractivity contribution in [1.29, 1.82) is 0 Å². The summed E-state index contributed by atoms with van der Waals surface area (Å²) in [6.07, 6.45) is -0.0874. The summed E-state index contributed by atoms with van der Waals surface area (Å²) >= 11 is 0. The highest BCUT2D eigenvalue weighted by Gasteiger charge is 2.33. The van der Waals surface area contributed by atoms with Crippen LogP contribution in [0.5, 0.6) is 5.88 Å². The molecule has 5 heteroatoms. The van der Waals surface area contributed by atoms with Gasteiger partial charge < -0.3 is 19.3 Å². The van der Waals surface area contributed by atoms with E-state index in [1.54, 1.807) is 0 Å². The highest BCUT2D eigenvalue weighted by atomic mass is 16.7. The third kappa shape index (κ3) is 3.90. The minimum absolute atomic E-state index is 0.0339. The third-order valence-corrected chi connectivity index (χ3v) is 4.74. The van der Waals surface area contributed by atoms with Gasteiger partial charge in [-0.2, -0.15) is 0 Å². The first-order valence-electron chi connectivity index (χ1n) is 8.93. The van der Waals surface area contributed by atoms with Crippen LogP contribution in [0.15, 0.2) is 24.3 Å². The molecule has 1 fully saturated rings. The van der Waals surface area contributed by atoms with E-state index in [2.05, 4.69) is 18.0 Å². The predicted octanol–water partition coefficient (Wildman–Crippen LogP) is 3.70. The topological polar surface area (TPSA) is 60.8 Å². The Morgan fingerprint density at radius 2 is 2.04 bits per heavy atom. The molecular weight excluding hydrogens is 330 g/mol. The van der Waals surface area contributed by atoms with Crippen LogP contribution >= 0.6 is 0 Å². The number of ether oxygens (including phenoxy) is 3. The van der Waals surface area contributed by atoms with E-state index in [1.807, 2.05) is 45.9 Å². The van der Waals surface area contributed by atoms with E-state index in [0.29, 0.717) is 19.1 Å². The van der Waals surface area contributed by atoms with Crippen LogP contribution in [-0.4, -0.2) is 35.2 Å². The second-order valence-corrected chi connectivity index (χ2v) is 7.25. The summed E-state index contributed by atoms with van der Waals surface area (Å²) < 4.78 is 17.2. The Balaban J connectivity index is 1.81. The van der Waals surface area contributed by atoms with Crippen molar-refractivity contribution in [3.63, 3.8) is 0 Å². The predicted molar refractivity (Wildman–Crippen MR) is 100 cm³/mol. The van der Waals surface area contributed by atoms with Crippen molar-refractivity contribution in [3.8, 4) is 17.0 Å². The normalized spacial score (nSPS) is 18.9. The largest absolute Gasteiger partial charge is 0.475 e. The maximum absolute atomic E-state index is 9.53. The van der Waals surface area contributed by atoms with Gasteiger partial charge >= 0.3 is 0 Å². The fourth-order valence-electron chi connectivity index (χ4n) is 3.43. The molecule has 140 valence electrons. The molecule has 0 amide bonds. The molecule has 5 nitrogen and oxygen atoms in total. The molecule has 0 spiro atoms. The van der Waals surface area contributed by atoms with Crippen LogP contribution in [0.4, 0.5) is 0 Å². The molecule has 0 saturated carbocycles. The van der Waals surface area contributed by atoms with Gasteiger partial charge in [0.1, 0.15) is 12.7 Å². The molecule has 1 aliphatic heterocycles. The Morgan fingerprint density at radius 1 is 1.27 bits per heavy atom. The van der Waals surface area contributed by atoms with E-state index in [9.17, 15) is 5.11 Å². The van der Waals surface area contributed by atoms with Crippen LogP contribution in [0.3, 0.4) is 0 Å². The smallest absolute Gasteiger partial charge is 0.213 e. The van der Waals surface area contributed by atoms with Gasteiger partial charge in [0.25, 0.3) is 0 Å². The molecule has 1 saturated heterocycles. The Kier molecular flexibility index (Phi) is 5.32. The monoisotopic (exact) mass is 357 g/mol. The summed E-state index contributed by atoms with van der Waals surface area (Å²) in [5.41, 5.74) is 6.20. The lowest BCUT2D eigenvalue weighted by Crippen LogP contribution is -2.25. The molecule has 0 aliphatic carbocycles. The van der Waals surface area contributed by atoms with E-state index in [1.165, 1.54) is 0 Å². The number of benzene rings is 1. The van der Waals surface area contributed by atoms with Crippen molar-refractivity contribution in [1.82, 2.24) is 4.98 Å². The van der Waals surface area contributed by atoms with Crippen molar-refractivity contribution in [2.24, 2.45) is 0 Å². The molecular formula is C21H27NO4. The van der Waals surface area contributed by atoms with E-state index in [4.69, 9.17) is 14.2 Å². The Labute approximate surface area is 154 Å². The van der Waals surface area contributed by atoms with Gasteiger partial charge in [-0.25, -0.2) is 4.98 Å². The summed E-state index contributed by atoms with van der Waals surface area (Å²) in [6, 6.07) is 7.93. The van der Waals surface area contributed by atoms with Crippen LogP contribution in [0.1, 0.15) is 36.2 Å². The maximum Gasteiger partial charge on any atom is 0.213 e. The molecule has 1 atom stereocenters. The zero-order chi connectivity index (χ0) is 18.9. The van der Waals surface area contributed by atoms with Crippen LogP contribution in [0, 0.1) is 20.8 Å². The molecule has 1 aromatic carbocycles. The molecule has 0 bridgehead atoms. The lowest BCUT2D eigenvalue weighted by Gasteiger charge is -2.18. The summed E-state index contributed by atoms with van der Waals surface area (Å²) in [5, 5.41) is 9.53. The molecule has 0 unspecified atom stereocenters. The van der Waals surface area contributed by atoms with Gasteiger partial charge in [-0.15, -0.1) is 0 Å². The van der Waals surface area contributed by atoms with Crippen molar-refractivity contribution < 1.29 is 19.3 Å². The quantitative estimate of drug-likeness (QED) is 0.884. The molecule has 3 rings (SSSR count). The number of nitrogens with zero attached hydrogens (tertiary/aromatic N) is 1. The zero-order valence-electron chi connectivity index (χ0n) is 16.1. The van der Waals surface area contributed by atoms with E-state index in [-0.39, 0.29) is 12.7 Å².